The van der Waals surface area contributed by atoms with Crippen LogP contribution < -0.4 is 42.5 Å². The van der Waals surface area contributed by atoms with E-state index in [0.29, 0.717) is 19.3 Å². The first kappa shape index (κ1) is 27.7. The summed E-state index contributed by atoms with van der Waals surface area (Å²) in [5.74, 6) is -1.97. The molecule has 10 N–H and O–H groups in total. The molecule has 2 aliphatic rings. The average Bonchev–Trinajstić information content (AvgIpc) is 3.22. The number of aldehydes is 2. The second-order valence-corrected chi connectivity index (χ2v) is 6.65. The highest BCUT2D eigenvalue weighted by Gasteiger charge is 2.48. The van der Waals surface area contributed by atoms with E-state index in [4.69, 9.17) is 0 Å². The SMILES string of the molecule is O=C(NCNC(=O)NC1(CO)NC(=O)NC1=O)NC1(CO)NC(=O)NC1=O.O=CCCCC=O. The number of carbonyl (C=O) groups excluding carboxylic acids is 8. The molecule has 2 atom stereocenters. The summed E-state index contributed by atoms with van der Waals surface area (Å²) in [6, 6.07) is -3.91. The van der Waals surface area contributed by atoms with Crippen molar-refractivity contribution in [1.29, 1.82) is 0 Å². The van der Waals surface area contributed by atoms with Crippen molar-refractivity contribution in [2.75, 3.05) is 19.9 Å². The maximum Gasteiger partial charge on any atom is 0.323 e. The van der Waals surface area contributed by atoms with Crippen molar-refractivity contribution in [1.82, 2.24) is 42.5 Å². The van der Waals surface area contributed by atoms with Crippen molar-refractivity contribution < 1.29 is 48.6 Å². The normalized spacial score (nSPS) is 22.6. The lowest BCUT2D eigenvalue weighted by Crippen LogP contribution is -2.66. The van der Waals surface area contributed by atoms with E-state index in [9.17, 15) is 48.6 Å². The molecular formula is C16H24N8O10. The van der Waals surface area contributed by atoms with Crippen LogP contribution in [-0.2, 0) is 19.2 Å². The van der Waals surface area contributed by atoms with Crippen LogP contribution in [0.15, 0.2) is 0 Å². The van der Waals surface area contributed by atoms with Crippen LogP contribution in [0.5, 0.6) is 0 Å². The zero-order chi connectivity index (χ0) is 25.8. The Morgan fingerprint density at radius 3 is 1.41 bits per heavy atom. The first-order valence-electron chi connectivity index (χ1n) is 9.56. The van der Waals surface area contributed by atoms with Crippen molar-refractivity contribution in [3.05, 3.63) is 0 Å². The lowest BCUT2D eigenvalue weighted by atomic mass is 10.2. The first-order chi connectivity index (χ1) is 16.1. The molecule has 2 fully saturated rings. The van der Waals surface area contributed by atoms with Gasteiger partial charge in [0.2, 0.25) is 11.3 Å². The molecule has 18 heteroatoms. The van der Waals surface area contributed by atoms with Crippen LogP contribution in [-0.4, -0.2) is 89.9 Å². The zero-order valence-electron chi connectivity index (χ0n) is 17.6. The smallest absolute Gasteiger partial charge is 0.323 e. The predicted molar refractivity (Wildman–Crippen MR) is 107 cm³/mol. The van der Waals surface area contributed by atoms with Crippen LogP contribution in [0.4, 0.5) is 19.2 Å². The van der Waals surface area contributed by atoms with E-state index >= 15 is 0 Å². The van der Waals surface area contributed by atoms with Gasteiger partial charge >= 0.3 is 24.1 Å². The fraction of sp³-hybridized carbons (Fsp3) is 0.500. The summed E-state index contributed by atoms with van der Waals surface area (Å²) in [4.78, 5) is 88.1. The van der Waals surface area contributed by atoms with Crippen molar-refractivity contribution in [3.63, 3.8) is 0 Å². The Kier molecular flexibility index (Phi) is 10.3. The van der Waals surface area contributed by atoms with Gasteiger partial charge in [-0.05, 0) is 6.42 Å². The second kappa shape index (κ2) is 12.6. The highest BCUT2D eigenvalue weighted by atomic mass is 16.3. The van der Waals surface area contributed by atoms with Crippen molar-refractivity contribution in [2.45, 2.75) is 30.6 Å². The minimum absolute atomic E-state index is 0.513. The first-order valence-corrected chi connectivity index (χ1v) is 9.56. The van der Waals surface area contributed by atoms with E-state index in [0.717, 1.165) is 12.6 Å². The summed E-state index contributed by atoms with van der Waals surface area (Å²) in [6.45, 7) is -2.38. The third kappa shape index (κ3) is 7.38. The van der Waals surface area contributed by atoms with E-state index < -0.39 is 67.1 Å². The fourth-order valence-corrected chi connectivity index (χ4v) is 2.43. The Balaban J connectivity index is 0.000000718. The standard InChI is InChI=1S/C11H16N8O8.C5H8O2/c20-1-10(4(22)14-8(26)18-10)16-6(24)12-3-13-7(25)17-11(2-21)5(23)15-9(27)19-11;6-4-2-1-3-5-7/h20-21H,1-3H2,(H2,12,16,24)(H2,13,17,25)(H2,14,18,22,26)(H2,15,19,23,27);4-5H,1-3H2. The van der Waals surface area contributed by atoms with Crippen LogP contribution in [0.25, 0.3) is 0 Å². The zero-order valence-corrected chi connectivity index (χ0v) is 17.6. The lowest BCUT2D eigenvalue weighted by molar-refractivity contribution is -0.126. The van der Waals surface area contributed by atoms with E-state index in [1.54, 1.807) is 0 Å². The van der Waals surface area contributed by atoms with Gasteiger partial charge in [-0.1, -0.05) is 0 Å². The molecule has 0 radical (unpaired) electrons. The molecule has 2 unspecified atom stereocenters. The minimum atomic E-state index is -2.06. The van der Waals surface area contributed by atoms with Crippen molar-refractivity contribution in [3.8, 4) is 0 Å². The second-order valence-electron chi connectivity index (χ2n) is 6.65. The van der Waals surface area contributed by atoms with E-state index in [1.165, 1.54) is 0 Å². The molecule has 2 rings (SSSR count). The quantitative estimate of drug-likeness (QED) is 0.0606. The third-order valence-corrected chi connectivity index (χ3v) is 4.15. The molecule has 0 aromatic rings. The number of urea groups is 4. The van der Waals surface area contributed by atoms with E-state index in [-0.39, 0.29) is 0 Å². The van der Waals surface area contributed by atoms with Gasteiger partial charge in [0.25, 0.3) is 11.8 Å². The molecule has 0 aromatic heterocycles. The topological polar surface area (TPSA) is 273 Å². The van der Waals surface area contributed by atoms with E-state index in [1.807, 2.05) is 31.9 Å². The highest BCUT2D eigenvalue weighted by molar-refractivity contribution is 6.09. The molecule has 0 bridgehead atoms. The number of hydrogen-bond acceptors (Lipinski definition) is 10. The molecule has 10 amide bonds. The number of aliphatic hydroxyl groups excluding tert-OH is 2. The van der Waals surface area contributed by atoms with Gasteiger partial charge in [0, 0.05) is 12.8 Å². The number of unbranched alkanes of at least 4 members (excludes halogenated alkanes) is 2. The largest absolute Gasteiger partial charge is 0.391 e. The molecule has 0 aromatic carbocycles. The Morgan fingerprint density at radius 1 is 0.765 bits per heavy atom. The molecule has 0 saturated carbocycles. The summed E-state index contributed by atoms with van der Waals surface area (Å²) in [5.41, 5.74) is -4.12. The molecular weight excluding hydrogens is 464 g/mol. The summed E-state index contributed by atoms with van der Waals surface area (Å²) < 4.78 is 0. The van der Waals surface area contributed by atoms with Gasteiger partial charge in [-0.3, -0.25) is 20.2 Å². The fourth-order valence-electron chi connectivity index (χ4n) is 2.43. The molecule has 2 heterocycles. The highest BCUT2D eigenvalue weighted by Crippen LogP contribution is 2.06. The number of imide groups is 2. The van der Waals surface area contributed by atoms with E-state index in [2.05, 4.69) is 10.6 Å². The molecule has 188 valence electrons. The van der Waals surface area contributed by atoms with Crippen LogP contribution in [0.1, 0.15) is 19.3 Å². The van der Waals surface area contributed by atoms with Crippen LogP contribution in [0.3, 0.4) is 0 Å². The number of carbonyl (C=O) groups is 8. The van der Waals surface area contributed by atoms with Gasteiger partial charge in [0.15, 0.2) is 0 Å². The number of nitrogens with one attached hydrogen (secondary N) is 8. The maximum atomic E-state index is 11.8. The molecule has 34 heavy (non-hydrogen) atoms. The minimum Gasteiger partial charge on any atom is -0.391 e. The van der Waals surface area contributed by atoms with Crippen LogP contribution in [0.2, 0.25) is 0 Å². The summed E-state index contributed by atoms with van der Waals surface area (Å²) in [7, 11) is 0. The Hall–Kier alpha value is -4.32. The Morgan fingerprint density at radius 2 is 1.15 bits per heavy atom. The number of rotatable bonds is 10. The number of aliphatic hydroxyl groups is 2. The molecule has 0 spiro atoms. The monoisotopic (exact) mass is 488 g/mol. The Labute approximate surface area is 190 Å². The molecule has 2 aliphatic heterocycles. The molecule has 0 aliphatic carbocycles. The van der Waals surface area contributed by atoms with Gasteiger partial charge in [-0.2, -0.15) is 0 Å². The third-order valence-electron chi connectivity index (χ3n) is 4.15. The lowest BCUT2D eigenvalue weighted by Gasteiger charge is -2.26. The number of amides is 10. The van der Waals surface area contributed by atoms with Crippen LogP contribution >= 0.6 is 0 Å². The average molecular weight is 488 g/mol. The van der Waals surface area contributed by atoms with Gasteiger partial charge in [-0.15, -0.1) is 0 Å². The van der Waals surface area contributed by atoms with Gasteiger partial charge in [0.05, 0.1) is 19.9 Å². The summed E-state index contributed by atoms with van der Waals surface area (Å²) >= 11 is 0. The predicted octanol–water partition coefficient (Wildman–Crippen LogP) is -4.85. The van der Waals surface area contributed by atoms with Crippen molar-refractivity contribution in [2.24, 2.45) is 0 Å². The number of hydrogen-bond donors (Lipinski definition) is 10. The molecule has 2 saturated heterocycles. The van der Waals surface area contributed by atoms with Crippen LogP contribution in [0, 0.1) is 0 Å². The van der Waals surface area contributed by atoms with Crippen molar-refractivity contribution >= 4 is 48.5 Å². The summed E-state index contributed by atoms with van der Waals surface area (Å²) in [6.07, 6.45) is 3.37. The Bertz CT molecular complexity index is 786. The molecule has 18 nitrogen and oxygen atoms in total. The van der Waals surface area contributed by atoms with Gasteiger partial charge in [0.1, 0.15) is 12.6 Å². The maximum absolute atomic E-state index is 11.8. The van der Waals surface area contributed by atoms with Gasteiger partial charge in [-0.25, -0.2) is 19.2 Å². The summed E-state index contributed by atoms with van der Waals surface area (Å²) in [5, 5.41) is 34.4. The van der Waals surface area contributed by atoms with Gasteiger partial charge < -0.3 is 51.7 Å².